The molecule has 11 nitrogen and oxygen atoms in total. The van der Waals surface area contributed by atoms with Crippen LogP contribution in [0.1, 0.15) is 23.0 Å². The average molecular weight is 654 g/mol. The number of halogens is 5. The molecule has 0 unspecified atom stereocenters. The van der Waals surface area contributed by atoms with E-state index in [0.717, 1.165) is 4.90 Å². The van der Waals surface area contributed by atoms with Gasteiger partial charge in [0.05, 0.1) is 6.61 Å². The fourth-order valence-electron chi connectivity index (χ4n) is 4.41. The number of hydrogen-bond donors (Lipinski definition) is 3. The smallest absolute Gasteiger partial charge is 0.408 e. The van der Waals surface area contributed by atoms with Crippen LogP contribution in [0.3, 0.4) is 0 Å². The predicted octanol–water partition coefficient (Wildman–Crippen LogP) is 2.05. The van der Waals surface area contributed by atoms with E-state index in [1.807, 2.05) is 0 Å². The number of rotatable bonds is 3. The number of carbonyl (C=O) groups is 3. The highest BCUT2D eigenvalue weighted by atomic mass is 79.9. The Morgan fingerprint density at radius 3 is 2.52 bits per heavy atom. The molecule has 0 radical (unpaired) electrons. The second-order valence-electron chi connectivity index (χ2n) is 9.52. The van der Waals surface area contributed by atoms with E-state index in [1.165, 1.54) is 36.7 Å². The molecule has 1 saturated heterocycles. The van der Waals surface area contributed by atoms with Gasteiger partial charge in [-0.3, -0.25) is 14.4 Å². The number of carbonyl (C=O) groups excluding carboxylic acids is 3. The van der Waals surface area contributed by atoms with E-state index in [1.54, 1.807) is 5.32 Å². The number of nitrogens with zero attached hydrogens (tertiary/aromatic N) is 2. The van der Waals surface area contributed by atoms with Crippen molar-refractivity contribution in [2.45, 2.75) is 37.0 Å². The van der Waals surface area contributed by atoms with Crippen LogP contribution in [-0.2, 0) is 26.7 Å². The first-order valence-electron chi connectivity index (χ1n) is 11.8. The number of alkyl halides is 3. The Hall–Kier alpha value is -3.18. The van der Waals surface area contributed by atoms with Crippen molar-refractivity contribution in [1.29, 1.82) is 0 Å². The van der Waals surface area contributed by atoms with Crippen molar-refractivity contribution < 1.29 is 45.1 Å². The minimum atomic E-state index is -4.76. The lowest BCUT2D eigenvalue weighted by molar-refractivity contribution is -0.162. The Balaban J connectivity index is 1.58. The van der Waals surface area contributed by atoms with Gasteiger partial charge in [-0.15, -0.1) is 0 Å². The number of likely N-dealkylation sites (tertiary alicyclic amines) is 1. The quantitative estimate of drug-likeness (QED) is 0.342. The minimum Gasteiger partial charge on any atom is -0.489 e. The summed E-state index contributed by atoms with van der Waals surface area (Å²) in [6.07, 6.45) is -4.76. The largest absolute Gasteiger partial charge is 0.489 e. The summed E-state index contributed by atoms with van der Waals surface area (Å²) in [5.74, 6) is -4.94. The van der Waals surface area contributed by atoms with Gasteiger partial charge in [-0.05, 0) is 53.5 Å². The molecule has 40 heavy (non-hydrogen) atoms. The summed E-state index contributed by atoms with van der Waals surface area (Å²) in [5, 5.41) is 4.17. The molecule has 3 heterocycles. The molecule has 0 aliphatic carbocycles. The fourth-order valence-corrected chi connectivity index (χ4v) is 6.95. The Morgan fingerprint density at radius 1 is 1.23 bits per heavy atom. The number of ether oxygens (including phenoxy) is 1. The van der Waals surface area contributed by atoms with Gasteiger partial charge in [0.1, 0.15) is 16.5 Å². The summed E-state index contributed by atoms with van der Waals surface area (Å²) in [7, 11) is -2.94. The number of aryl methyl sites for hydroxylation is 1. The Labute approximate surface area is 234 Å². The fraction of sp³-hybridized carbons (Fsp3) is 0.435. The number of amides is 3. The summed E-state index contributed by atoms with van der Waals surface area (Å²) in [5.41, 5.74) is 0.362. The van der Waals surface area contributed by atoms with Gasteiger partial charge in [0.2, 0.25) is 10.0 Å². The van der Waals surface area contributed by atoms with Crippen molar-refractivity contribution in [2.24, 2.45) is 13.0 Å². The molecular formula is C23H24BrF4N5O6S. The lowest BCUT2D eigenvalue weighted by atomic mass is 10.1. The van der Waals surface area contributed by atoms with Crippen molar-refractivity contribution in [3.8, 4) is 5.75 Å². The first-order chi connectivity index (χ1) is 18.5. The molecular weight excluding hydrogens is 630 g/mol. The van der Waals surface area contributed by atoms with Crippen molar-refractivity contribution >= 4 is 49.4 Å². The maximum Gasteiger partial charge on any atom is 0.408 e. The summed E-state index contributed by atoms with van der Waals surface area (Å²) < 4.78 is 88.3. The monoisotopic (exact) mass is 653 g/mol. The topological polar surface area (TPSA) is 139 Å². The molecule has 218 valence electrons. The first-order valence-corrected chi connectivity index (χ1v) is 14.1. The Bertz CT molecular complexity index is 1500. The van der Waals surface area contributed by atoms with E-state index in [0.29, 0.717) is 6.92 Å². The van der Waals surface area contributed by atoms with Gasteiger partial charge in [-0.25, -0.2) is 17.5 Å². The first kappa shape index (κ1) is 29.8. The molecule has 17 heteroatoms. The second kappa shape index (κ2) is 10.7. The van der Waals surface area contributed by atoms with E-state index >= 15 is 0 Å². The van der Waals surface area contributed by atoms with Crippen molar-refractivity contribution in [3.63, 3.8) is 0 Å². The lowest BCUT2D eigenvalue weighted by Gasteiger charge is -2.23. The number of benzene rings is 1. The molecule has 1 fully saturated rings. The summed E-state index contributed by atoms with van der Waals surface area (Å²) >= 11 is 3.19. The van der Waals surface area contributed by atoms with Gasteiger partial charge < -0.3 is 24.8 Å². The van der Waals surface area contributed by atoms with Crippen LogP contribution in [0.25, 0.3) is 0 Å². The predicted molar refractivity (Wildman–Crippen MR) is 136 cm³/mol. The van der Waals surface area contributed by atoms with Gasteiger partial charge in [0, 0.05) is 37.8 Å². The highest BCUT2D eigenvalue weighted by molar-refractivity contribution is 9.10. The van der Waals surface area contributed by atoms with Crippen molar-refractivity contribution in [2.75, 3.05) is 25.0 Å². The SMILES string of the molecule is Cc1cc(NC(=O)c2c3c(c(Br)n2C)S(=O)(=O)N[C@H]2CN(C(=O)C(=O)N[C@H](C)C(F)(F)F)C[C@H]2CO3)ccc1F. The summed E-state index contributed by atoms with van der Waals surface area (Å²) in [4.78, 5) is 38.5. The van der Waals surface area contributed by atoms with E-state index in [2.05, 4.69) is 26.0 Å². The Kier molecular flexibility index (Phi) is 7.94. The third-order valence-electron chi connectivity index (χ3n) is 6.65. The number of fused-ring (bicyclic) bond motifs is 2. The Morgan fingerprint density at radius 2 is 1.90 bits per heavy atom. The molecule has 2 aliphatic heterocycles. The third-order valence-corrected chi connectivity index (χ3v) is 9.37. The molecule has 2 aromatic rings. The average Bonchev–Trinajstić information content (AvgIpc) is 3.35. The molecule has 4 rings (SSSR count). The van der Waals surface area contributed by atoms with E-state index in [4.69, 9.17) is 4.74 Å². The standard InChI is InChI=1S/C23H24BrF4N5O6S/c1-10-6-13(4-5-14(10)25)30-20(34)16-17-18(19(24)32(16)3)40(37,38)31-15-8-33(7-12(15)9-39-17)22(36)21(35)29-11(2)23(26,27)28/h4-6,11-12,15,31H,7-9H2,1-3H3,(H,29,35)(H,30,34)/t11-,12+,15+/m1/s1. The van der Waals surface area contributed by atoms with Gasteiger partial charge in [-0.1, -0.05) is 0 Å². The number of nitrogens with one attached hydrogen (secondary N) is 3. The molecule has 0 saturated carbocycles. The van der Waals surface area contributed by atoms with Crippen LogP contribution < -0.4 is 20.1 Å². The zero-order valence-corrected chi connectivity index (χ0v) is 23.6. The van der Waals surface area contributed by atoms with Crippen LogP contribution in [-0.4, -0.2) is 73.6 Å². The highest BCUT2D eigenvalue weighted by Crippen LogP contribution is 2.40. The highest BCUT2D eigenvalue weighted by Gasteiger charge is 2.45. The van der Waals surface area contributed by atoms with Gasteiger partial charge in [0.25, 0.3) is 5.91 Å². The minimum absolute atomic E-state index is 0.0136. The molecule has 2 aliphatic rings. The molecule has 3 atom stereocenters. The number of sulfonamides is 1. The summed E-state index contributed by atoms with van der Waals surface area (Å²) in [6.45, 7) is 1.51. The van der Waals surface area contributed by atoms with E-state index in [-0.39, 0.29) is 51.9 Å². The van der Waals surface area contributed by atoms with Gasteiger partial charge in [-0.2, -0.15) is 13.2 Å². The van der Waals surface area contributed by atoms with E-state index < -0.39 is 57.7 Å². The van der Waals surface area contributed by atoms with Crippen LogP contribution in [0, 0.1) is 18.7 Å². The summed E-state index contributed by atoms with van der Waals surface area (Å²) in [6, 6.07) is 0.703. The van der Waals surface area contributed by atoms with Crippen LogP contribution in [0.5, 0.6) is 5.75 Å². The number of hydrogen-bond acceptors (Lipinski definition) is 6. The maximum absolute atomic E-state index is 13.6. The number of anilines is 1. The van der Waals surface area contributed by atoms with Gasteiger partial charge >= 0.3 is 18.0 Å². The van der Waals surface area contributed by atoms with Crippen LogP contribution >= 0.6 is 15.9 Å². The molecule has 0 spiro atoms. The van der Waals surface area contributed by atoms with Crippen LogP contribution in [0.2, 0.25) is 0 Å². The van der Waals surface area contributed by atoms with Crippen molar-refractivity contribution in [1.82, 2.24) is 19.5 Å². The molecule has 3 N–H and O–H groups in total. The normalized spacial score (nSPS) is 20.9. The zero-order chi connectivity index (χ0) is 29.7. The van der Waals surface area contributed by atoms with Crippen LogP contribution in [0.15, 0.2) is 27.7 Å². The lowest BCUT2D eigenvalue weighted by Crippen LogP contribution is -2.50. The van der Waals surface area contributed by atoms with E-state index in [9.17, 15) is 40.4 Å². The maximum atomic E-state index is 13.6. The number of aromatic nitrogens is 1. The van der Waals surface area contributed by atoms with Crippen LogP contribution in [0.4, 0.5) is 23.2 Å². The zero-order valence-electron chi connectivity index (χ0n) is 21.2. The second-order valence-corrected chi connectivity index (χ2v) is 11.9. The molecule has 1 aromatic heterocycles. The molecule has 0 bridgehead atoms. The van der Waals surface area contributed by atoms with Crippen molar-refractivity contribution in [3.05, 3.63) is 39.9 Å². The third kappa shape index (κ3) is 5.67. The van der Waals surface area contributed by atoms with Gasteiger partial charge in [0.15, 0.2) is 16.3 Å². The molecule has 3 amide bonds. The molecule has 1 aromatic carbocycles.